The number of alkyl halides is 2. The Morgan fingerprint density at radius 1 is 1.29 bits per heavy atom. The van der Waals surface area contributed by atoms with E-state index in [0.717, 1.165) is 32.3 Å². The predicted molar refractivity (Wildman–Crippen MR) is 51.6 cm³/mol. The van der Waals surface area contributed by atoms with E-state index in [0.29, 0.717) is 6.42 Å². The molecule has 1 N–H and O–H groups in total. The lowest BCUT2D eigenvalue weighted by Gasteiger charge is -2.35. The lowest BCUT2D eigenvalue weighted by atomic mass is 9.98. The van der Waals surface area contributed by atoms with Gasteiger partial charge in [0.05, 0.1) is 0 Å². The van der Waals surface area contributed by atoms with Gasteiger partial charge in [-0.3, -0.25) is 4.90 Å². The van der Waals surface area contributed by atoms with Gasteiger partial charge in [0.15, 0.2) is 0 Å². The number of nitrogens with zero attached hydrogens (tertiary/aromatic N) is 1. The molecule has 2 rings (SSSR count). The molecule has 0 spiro atoms. The van der Waals surface area contributed by atoms with Crippen LogP contribution in [-0.4, -0.2) is 43.0 Å². The van der Waals surface area contributed by atoms with Crippen LogP contribution in [0.15, 0.2) is 12.2 Å². The van der Waals surface area contributed by atoms with Crippen LogP contribution in [0, 0.1) is 0 Å². The van der Waals surface area contributed by atoms with Crippen LogP contribution in [0.25, 0.3) is 0 Å². The van der Waals surface area contributed by atoms with E-state index < -0.39 is 5.92 Å². The molecule has 80 valence electrons. The van der Waals surface area contributed by atoms with Gasteiger partial charge < -0.3 is 5.32 Å². The molecule has 1 heterocycles. The molecule has 1 saturated heterocycles. The lowest BCUT2D eigenvalue weighted by molar-refractivity contribution is 0.0257. The molecular weight excluding hydrogens is 186 g/mol. The first-order valence-corrected chi connectivity index (χ1v) is 5.19. The molecule has 0 unspecified atom stereocenters. The minimum Gasteiger partial charge on any atom is -0.314 e. The normalized spacial score (nSPS) is 33.1. The molecule has 2 aliphatic rings. The van der Waals surface area contributed by atoms with Crippen molar-refractivity contribution in [2.45, 2.75) is 24.8 Å². The van der Waals surface area contributed by atoms with Gasteiger partial charge in [0.1, 0.15) is 0 Å². The molecule has 0 aromatic rings. The van der Waals surface area contributed by atoms with Gasteiger partial charge in [-0.2, -0.15) is 0 Å². The monoisotopic (exact) mass is 202 g/mol. The van der Waals surface area contributed by atoms with Crippen LogP contribution in [0.1, 0.15) is 12.8 Å². The van der Waals surface area contributed by atoms with Gasteiger partial charge in [-0.25, -0.2) is 8.78 Å². The minimum absolute atomic E-state index is 0.00189. The number of hydrogen-bond donors (Lipinski definition) is 1. The molecule has 14 heavy (non-hydrogen) atoms. The van der Waals surface area contributed by atoms with E-state index in [4.69, 9.17) is 0 Å². The molecule has 0 aromatic heterocycles. The Balaban J connectivity index is 1.93. The second-order valence-electron chi connectivity index (χ2n) is 4.01. The highest BCUT2D eigenvalue weighted by Gasteiger charge is 2.32. The van der Waals surface area contributed by atoms with Gasteiger partial charge in [0.2, 0.25) is 0 Å². The second-order valence-corrected chi connectivity index (χ2v) is 4.01. The molecule has 2 nitrogen and oxygen atoms in total. The van der Waals surface area contributed by atoms with Gasteiger partial charge in [0, 0.05) is 38.6 Å². The summed E-state index contributed by atoms with van der Waals surface area (Å²) in [6.07, 6.45) is 3.33. The Hall–Kier alpha value is -0.480. The lowest BCUT2D eigenvalue weighted by Crippen LogP contribution is -2.48. The van der Waals surface area contributed by atoms with E-state index in [9.17, 15) is 8.78 Å². The Morgan fingerprint density at radius 3 is 2.57 bits per heavy atom. The maximum atomic E-state index is 12.8. The third-order valence-electron chi connectivity index (χ3n) is 2.96. The molecule has 1 fully saturated rings. The molecule has 0 radical (unpaired) electrons. The third-order valence-corrected chi connectivity index (χ3v) is 2.96. The highest BCUT2D eigenvalue weighted by Crippen LogP contribution is 2.29. The topological polar surface area (TPSA) is 15.3 Å². The van der Waals surface area contributed by atoms with Crippen molar-refractivity contribution in [2.24, 2.45) is 0 Å². The Morgan fingerprint density at radius 2 is 2.00 bits per heavy atom. The summed E-state index contributed by atoms with van der Waals surface area (Å²) in [6.45, 7) is 3.89. The first kappa shape index (κ1) is 10.1. The smallest absolute Gasteiger partial charge is 0.266 e. The molecule has 4 heteroatoms. The fourth-order valence-corrected chi connectivity index (χ4v) is 2.09. The highest BCUT2D eigenvalue weighted by molar-refractivity contribution is 5.07. The number of piperazine rings is 1. The zero-order chi connectivity index (χ0) is 10.0. The quantitative estimate of drug-likeness (QED) is 0.644. The maximum absolute atomic E-state index is 12.8. The summed E-state index contributed by atoms with van der Waals surface area (Å²) in [6, 6.07) is 0.233. The first-order chi connectivity index (χ1) is 6.67. The van der Waals surface area contributed by atoms with Crippen molar-refractivity contribution >= 4 is 0 Å². The Bertz CT molecular complexity index is 222. The summed E-state index contributed by atoms with van der Waals surface area (Å²) < 4.78 is 25.7. The van der Waals surface area contributed by atoms with E-state index in [1.165, 1.54) is 0 Å². The summed E-state index contributed by atoms with van der Waals surface area (Å²) in [4.78, 5) is 2.28. The number of rotatable bonds is 1. The van der Waals surface area contributed by atoms with Crippen molar-refractivity contribution < 1.29 is 8.78 Å². The summed E-state index contributed by atoms with van der Waals surface area (Å²) in [5.41, 5.74) is 0. The molecule has 0 amide bonds. The van der Waals surface area contributed by atoms with Crippen molar-refractivity contribution in [1.29, 1.82) is 0 Å². The van der Waals surface area contributed by atoms with Crippen LogP contribution in [0.2, 0.25) is 0 Å². The third kappa shape index (κ3) is 2.30. The molecular formula is C10H16F2N2. The summed E-state index contributed by atoms with van der Waals surface area (Å²) in [5, 5.41) is 3.26. The number of nitrogens with one attached hydrogen (secondary N) is 1. The van der Waals surface area contributed by atoms with Crippen molar-refractivity contribution in [3.63, 3.8) is 0 Å². The second kappa shape index (κ2) is 3.95. The van der Waals surface area contributed by atoms with Gasteiger partial charge >= 0.3 is 0 Å². The van der Waals surface area contributed by atoms with Crippen LogP contribution in [0.4, 0.5) is 8.78 Å². The summed E-state index contributed by atoms with van der Waals surface area (Å²) >= 11 is 0. The first-order valence-electron chi connectivity index (χ1n) is 5.19. The largest absolute Gasteiger partial charge is 0.314 e. The van der Waals surface area contributed by atoms with Gasteiger partial charge in [0.25, 0.3) is 5.92 Å². The van der Waals surface area contributed by atoms with Crippen molar-refractivity contribution in [2.75, 3.05) is 26.2 Å². The maximum Gasteiger partial charge on any atom is 0.266 e. The van der Waals surface area contributed by atoms with Gasteiger partial charge in [-0.15, -0.1) is 0 Å². The minimum atomic E-state index is -2.56. The van der Waals surface area contributed by atoms with E-state index in [-0.39, 0.29) is 12.5 Å². The van der Waals surface area contributed by atoms with Gasteiger partial charge in [-0.1, -0.05) is 6.08 Å². The predicted octanol–water partition coefficient (Wildman–Crippen LogP) is 1.25. The molecule has 0 saturated carbocycles. The Kier molecular flexibility index (Phi) is 2.83. The van der Waals surface area contributed by atoms with Gasteiger partial charge in [-0.05, 0) is 12.5 Å². The average Bonchev–Trinajstić information content (AvgIpc) is 2.19. The van der Waals surface area contributed by atoms with E-state index >= 15 is 0 Å². The zero-order valence-corrected chi connectivity index (χ0v) is 8.18. The number of hydrogen-bond acceptors (Lipinski definition) is 2. The molecule has 1 aliphatic carbocycles. The zero-order valence-electron chi connectivity index (χ0n) is 8.18. The van der Waals surface area contributed by atoms with Crippen LogP contribution in [0.3, 0.4) is 0 Å². The van der Waals surface area contributed by atoms with Crippen LogP contribution in [0.5, 0.6) is 0 Å². The SMILES string of the molecule is FC1(F)C=C[C@@H](N2CCNCC2)CC1. The van der Waals surface area contributed by atoms with Crippen LogP contribution < -0.4 is 5.32 Å². The van der Waals surface area contributed by atoms with E-state index in [2.05, 4.69) is 10.2 Å². The van der Waals surface area contributed by atoms with Crippen LogP contribution in [-0.2, 0) is 0 Å². The van der Waals surface area contributed by atoms with E-state index in [1.807, 2.05) is 0 Å². The average molecular weight is 202 g/mol. The van der Waals surface area contributed by atoms with Crippen molar-refractivity contribution in [3.8, 4) is 0 Å². The summed E-state index contributed by atoms with van der Waals surface area (Å²) in [5.74, 6) is -2.56. The Labute approximate surface area is 83.0 Å². The molecule has 1 aliphatic heterocycles. The number of halogens is 2. The fraction of sp³-hybridized carbons (Fsp3) is 0.800. The molecule has 0 aromatic carbocycles. The highest BCUT2D eigenvalue weighted by atomic mass is 19.3. The molecule has 1 atom stereocenters. The fourth-order valence-electron chi connectivity index (χ4n) is 2.09. The van der Waals surface area contributed by atoms with E-state index in [1.54, 1.807) is 6.08 Å². The standard InChI is InChI=1S/C10H16F2N2/c11-10(12)3-1-9(2-4-10)14-7-5-13-6-8-14/h1,3,9,13H,2,4-8H2/t9-/m1/s1. The summed E-state index contributed by atoms with van der Waals surface area (Å²) in [7, 11) is 0. The van der Waals surface area contributed by atoms with Crippen molar-refractivity contribution in [1.82, 2.24) is 10.2 Å². The van der Waals surface area contributed by atoms with Crippen molar-refractivity contribution in [3.05, 3.63) is 12.2 Å². The van der Waals surface area contributed by atoms with Crippen LogP contribution >= 0.6 is 0 Å². The number of allylic oxidation sites excluding steroid dienone is 1. The molecule has 0 bridgehead atoms.